The number of aromatic amines is 1. The van der Waals surface area contributed by atoms with Gasteiger partial charge in [-0.1, -0.05) is 0 Å². The van der Waals surface area contributed by atoms with Crippen molar-refractivity contribution in [2.24, 2.45) is 5.73 Å². The average Bonchev–Trinajstić information content (AvgIpc) is 2.69. The van der Waals surface area contributed by atoms with Crippen LogP contribution in [0.15, 0.2) is 28.9 Å². The lowest BCUT2D eigenvalue weighted by Crippen LogP contribution is -2.17. The van der Waals surface area contributed by atoms with Crippen LogP contribution in [-0.4, -0.2) is 16.2 Å². The van der Waals surface area contributed by atoms with E-state index in [0.717, 1.165) is 23.6 Å². The van der Waals surface area contributed by atoms with Gasteiger partial charge in [0.05, 0.1) is 6.26 Å². The number of H-pyrrole nitrogens is 1. The van der Waals surface area contributed by atoms with E-state index in [0.29, 0.717) is 0 Å². The van der Waals surface area contributed by atoms with Crippen molar-refractivity contribution in [2.75, 3.05) is 0 Å². The number of furan rings is 1. The number of aromatic nitrogens is 2. The van der Waals surface area contributed by atoms with Crippen LogP contribution in [0.2, 0.25) is 0 Å². The summed E-state index contributed by atoms with van der Waals surface area (Å²) in [6.07, 6.45) is 2.43. The summed E-state index contributed by atoms with van der Waals surface area (Å²) in [6, 6.07) is 5.82. The van der Waals surface area contributed by atoms with Gasteiger partial charge in [-0.3, -0.25) is 5.10 Å². The standard InChI is InChI=1S/C10H13N3O/c1-7(11)5-8-6-9(13-12-8)10-3-2-4-14-10/h2-4,6-7H,5,11H2,1H3,(H,12,13). The van der Waals surface area contributed by atoms with Crippen molar-refractivity contribution in [3.63, 3.8) is 0 Å². The van der Waals surface area contributed by atoms with Crippen molar-refractivity contribution in [1.82, 2.24) is 10.2 Å². The van der Waals surface area contributed by atoms with Crippen LogP contribution < -0.4 is 5.73 Å². The quantitative estimate of drug-likeness (QED) is 0.773. The minimum Gasteiger partial charge on any atom is -0.463 e. The van der Waals surface area contributed by atoms with Crippen LogP contribution in [0.25, 0.3) is 11.5 Å². The summed E-state index contributed by atoms with van der Waals surface area (Å²) in [5, 5.41) is 7.07. The highest BCUT2D eigenvalue weighted by molar-refractivity contribution is 5.51. The van der Waals surface area contributed by atoms with Crippen molar-refractivity contribution in [1.29, 1.82) is 0 Å². The second kappa shape index (κ2) is 3.67. The first kappa shape index (κ1) is 9.02. The van der Waals surface area contributed by atoms with E-state index >= 15 is 0 Å². The van der Waals surface area contributed by atoms with Crippen LogP contribution in [0, 0.1) is 0 Å². The molecule has 0 bridgehead atoms. The van der Waals surface area contributed by atoms with E-state index in [1.165, 1.54) is 0 Å². The van der Waals surface area contributed by atoms with Gasteiger partial charge >= 0.3 is 0 Å². The lowest BCUT2D eigenvalue weighted by atomic mass is 10.2. The predicted octanol–water partition coefficient (Wildman–Crippen LogP) is 1.56. The largest absolute Gasteiger partial charge is 0.463 e. The topological polar surface area (TPSA) is 67.8 Å². The molecule has 0 aliphatic rings. The summed E-state index contributed by atoms with van der Waals surface area (Å²) in [4.78, 5) is 0. The maximum absolute atomic E-state index is 5.68. The second-order valence-electron chi connectivity index (χ2n) is 3.44. The number of hydrogen-bond acceptors (Lipinski definition) is 3. The van der Waals surface area contributed by atoms with Gasteiger partial charge in [0.25, 0.3) is 0 Å². The van der Waals surface area contributed by atoms with Crippen molar-refractivity contribution >= 4 is 0 Å². The van der Waals surface area contributed by atoms with Crippen LogP contribution >= 0.6 is 0 Å². The Morgan fingerprint density at radius 2 is 2.50 bits per heavy atom. The second-order valence-corrected chi connectivity index (χ2v) is 3.44. The molecular formula is C10H13N3O. The summed E-state index contributed by atoms with van der Waals surface area (Å²) in [5.41, 5.74) is 7.54. The van der Waals surface area contributed by atoms with Gasteiger partial charge in [-0.15, -0.1) is 0 Å². The Labute approximate surface area is 82.1 Å². The molecule has 3 N–H and O–H groups in total. The highest BCUT2D eigenvalue weighted by Gasteiger charge is 2.06. The third-order valence-corrected chi connectivity index (χ3v) is 1.95. The van der Waals surface area contributed by atoms with Crippen molar-refractivity contribution in [2.45, 2.75) is 19.4 Å². The Morgan fingerprint density at radius 3 is 3.14 bits per heavy atom. The predicted molar refractivity (Wildman–Crippen MR) is 53.6 cm³/mol. The van der Waals surface area contributed by atoms with Crippen molar-refractivity contribution in [3.05, 3.63) is 30.2 Å². The van der Waals surface area contributed by atoms with Crippen molar-refractivity contribution < 1.29 is 4.42 Å². The smallest absolute Gasteiger partial charge is 0.154 e. The first-order chi connectivity index (χ1) is 6.75. The van der Waals surface area contributed by atoms with E-state index in [9.17, 15) is 0 Å². The molecule has 0 aliphatic carbocycles. The highest BCUT2D eigenvalue weighted by Crippen LogP contribution is 2.17. The number of nitrogens with one attached hydrogen (secondary N) is 1. The fraction of sp³-hybridized carbons (Fsp3) is 0.300. The van der Waals surface area contributed by atoms with Gasteiger partial charge in [-0.25, -0.2) is 0 Å². The molecule has 74 valence electrons. The minimum absolute atomic E-state index is 0.139. The lowest BCUT2D eigenvalue weighted by Gasteiger charge is -1.99. The molecule has 0 spiro atoms. The summed E-state index contributed by atoms with van der Waals surface area (Å²) in [5.74, 6) is 0.775. The van der Waals surface area contributed by atoms with Crippen LogP contribution in [-0.2, 0) is 6.42 Å². The lowest BCUT2D eigenvalue weighted by molar-refractivity contribution is 0.580. The highest BCUT2D eigenvalue weighted by atomic mass is 16.3. The molecule has 4 nitrogen and oxygen atoms in total. The Balaban J connectivity index is 2.18. The van der Waals surface area contributed by atoms with Crippen molar-refractivity contribution in [3.8, 4) is 11.5 Å². The van der Waals surface area contributed by atoms with Gasteiger partial charge in [0.1, 0.15) is 5.69 Å². The normalized spacial score (nSPS) is 13.0. The van der Waals surface area contributed by atoms with Gasteiger partial charge in [0.15, 0.2) is 5.76 Å². The molecule has 4 heteroatoms. The molecule has 0 aliphatic heterocycles. The van der Waals surface area contributed by atoms with E-state index < -0.39 is 0 Å². The van der Waals surface area contributed by atoms with E-state index in [-0.39, 0.29) is 6.04 Å². The molecule has 2 aromatic rings. The Kier molecular flexibility index (Phi) is 2.37. The van der Waals surface area contributed by atoms with E-state index in [4.69, 9.17) is 10.2 Å². The van der Waals surface area contributed by atoms with Crippen LogP contribution in [0.4, 0.5) is 0 Å². The van der Waals surface area contributed by atoms with Gasteiger partial charge < -0.3 is 10.2 Å². The fourth-order valence-electron chi connectivity index (χ4n) is 1.36. The van der Waals surface area contributed by atoms with Gasteiger partial charge in [-0.05, 0) is 25.1 Å². The number of hydrogen-bond donors (Lipinski definition) is 2. The zero-order chi connectivity index (χ0) is 9.97. The summed E-state index contributed by atoms with van der Waals surface area (Å²) in [6.45, 7) is 1.97. The third kappa shape index (κ3) is 1.85. The summed E-state index contributed by atoms with van der Waals surface area (Å²) >= 11 is 0. The van der Waals surface area contributed by atoms with Gasteiger partial charge in [-0.2, -0.15) is 5.10 Å². The minimum atomic E-state index is 0.139. The summed E-state index contributed by atoms with van der Waals surface area (Å²) in [7, 11) is 0. The van der Waals surface area contributed by atoms with Gasteiger partial charge in [0.2, 0.25) is 0 Å². The first-order valence-electron chi connectivity index (χ1n) is 4.59. The average molecular weight is 191 g/mol. The number of rotatable bonds is 3. The molecule has 14 heavy (non-hydrogen) atoms. The van der Waals surface area contributed by atoms with E-state index in [2.05, 4.69) is 10.2 Å². The van der Waals surface area contributed by atoms with Crippen LogP contribution in [0.5, 0.6) is 0 Å². The molecule has 2 heterocycles. The monoisotopic (exact) mass is 191 g/mol. The van der Waals surface area contributed by atoms with Crippen LogP contribution in [0.3, 0.4) is 0 Å². The molecule has 1 atom stereocenters. The molecule has 0 saturated heterocycles. The Morgan fingerprint density at radius 1 is 1.64 bits per heavy atom. The number of nitrogens with zero attached hydrogens (tertiary/aromatic N) is 1. The first-order valence-corrected chi connectivity index (χ1v) is 4.59. The molecule has 2 aromatic heterocycles. The Hall–Kier alpha value is -1.55. The number of nitrogens with two attached hydrogens (primary N) is 1. The molecular weight excluding hydrogens is 178 g/mol. The molecule has 1 unspecified atom stereocenters. The van der Waals surface area contributed by atoms with Gasteiger partial charge in [0, 0.05) is 18.2 Å². The maximum Gasteiger partial charge on any atom is 0.154 e. The molecule has 0 amide bonds. The molecule has 0 saturated carbocycles. The zero-order valence-electron chi connectivity index (χ0n) is 8.03. The third-order valence-electron chi connectivity index (χ3n) is 1.95. The Bertz CT molecular complexity index is 389. The molecule has 0 aromatic carbocycles. The van der Waals surface area contributed by atoms with E-state index in [1.807, 2.05) is 25.1 Å². The van der Waals surface area contributed by atoms with E-state index in [1.54, 1.807) is 6.26 Å². The zero-order valence-corrected chi connectivity index (χ0v) is 8.03. The molecule has 0 fully saturated rings. The maximum atomic E-state index is 5.68. The SMILES string of the molecule is CC(N)Cc1cc(-c2ccco2)n[nH]1. The summed E-state index contributed by atoms with van der Waals surface area (Å²) < 4.78 is 5.22. The molecule has 2 rings (SSSR count). The van der Waals surface area contributed by atoms with Crippen LogP contribution in [0.1, 0.15) is 12.6 Å². The molecule has 0 radical (unpaired) electrons. The fourth-order valence-corrected chi connectivity index (χ4v) is 1.36.